The van der Waals surface area contributed by atoms with E-state index in [9.17, 15) is 44.1 Å². The summed E-state index contributed by atoms with van der Waals surface area (Å²) in [4.78, 5) is 18.2. The first-order valence-electron chi connectivity index (χ1n) is 11.4. The van der Waals surface area contributed by atoms with E-state index >= 15 is 4.39 Å². The zero-order valence-electron chi connectivity index (χ0n) is 19.5. The molecule has 0 spiro atoms. The second kappa shape index (κ2) is 8.96. The van der Waals surface area contributed by atoms with Crippen molar-refractivity contribution >= 4 is 22.4 Å². The highest BCUT2D eigenvalue weighted by molar-refractivity contribution is 7.86. The highest BCUT2D eigenvalue weighted by Gasteiger charge is 2.63. The summed E-state index contributed by atoms with van der Waals surface area (Å²) < 4.78 is 136. The van der Waals surface area contributed by atoms with Crippen LogP contribution in [0.1, 0.15) is 28.7 Å². The molecule has 1 atom stereocenters. The zero-order valence-corrected chi connectivity index (χ0v) is 20.3. The van der Waals surface area contributed by atoms with Crippen LogP contribution in [0.25, 0.3) is 0 Å². The Morgan fingerprint density at radius 3 is 2.15 bits per heavy atom. The first-order chi connectivity index (χ1) is 18.0. The lowest BCUT2D eigenvalue weighted by atomic mass is 9.84. The predicted molar refractivity (Wildman–Crippen MR) is 119 cm³/mol. The van der Waals surface area contributed by atoms with Crippen LogP contribution in [0.3, 0.4) is 0 Å². The van der Waals surface area contributed by atoms with Crippen LogP contribution in [-0.4, -0.2) is 51.5 Å². The fourth-order valence-electron chi connectivity index (χ4n) is 4.75. The minimum absolute atomic E-state index is 0.0165. The van der Waals surface area contributed by atoms with Gasteiger partial charge in [-0.25, -0.2) is 13.2 Å². The Kier molecular flexibility index (Phi) is 6.31. The van der Waals surface area contributed by atoms with E-state index in [1.807, 2.05) is 0 Å². The number of carbonyl (C=O) groups is 1. The summed E-state index contributed by atoms with van der Waals surface area (Å²) in [6.07, 6.45) is -12.0. The largest absolute Gasteiger partial charge is 0.435 e. The molecule has 2 aromatic rings. The molecule has 0 aliphatic carbocycles. The molecule has 3 aliphatic heterocycles. The van der Waals surface area contributed by atoms with Gasteiger partial charge >= 0.3 is 12.4 Å². The lowest BCUT2D eigenvalue weighted by Gasteiger charge is -2.46. The van der Waals surface area contributed by atoms with Crippen molar-refractivity contribution < 1.29 is 53.4 Å². The molecule has 0 bridgehead atoms. The van der Waals surface area contributed by atoms with Crippen LogP contribution < -0.4 is 0 Å². The first-order valence-corrected chi connectivity index (χ1v) is 12.8. The number of benzene rings is 2. The van der Waals surface area contributed by atoms with Crippen molar-refractivity contribution in [2.24, 2.45) is 11.1 Å². The molecule has 39 heavy (non-hydrogen) atoms. The Balaban J connectivity index is 1.35. The van der Waals surface area contributed by atoms with E-state index in [4.69, 9.17) is 0 Å². The van der Waals surface area contributed by atoms with Gasteiger partial charge in [0, 0.05) is 34.3 Å². The number of hydrogen-bond donors (Lipinski definition) is 0. The topological polar surface area (TPSA) is 59.0 Å². The smallest absolute Gasteiger partial charge is 0.374 e. The van der Waals surface area contributed by atoms with E-state index in [1.54, 1.807) is 0 Å². The average molecular weight is 584 g/mol. The van der Waals surface area contributed by atoms with Crippen LogP contribution in [0.5, 0.6) is 0 Å². The number of hydrogen-bond acceptors (Lipinski definition) is 4. The average Bonchev–Trinajstić information content (AvgIpc) is 3.28. The molecule has 15 heteroatoms. The number of rotatable bonds is 4. The molecule has 0 saturated carbocycles. The van der Waals surface area contributed by atoms with Crippen molar-refractivity contribution in [3.63, 3.8) is 0 Å². The number of amides is 1. The van der Waals surface area contributed by atoms with Gasteiger partial charge in [-0.05, 0) is 23.3 Å². The van der Waals surface area contributed by atoms with Gasteiger partial charge in [0.05, 0.1) is 30.3 Å². The van der Waals surface area contributed by atoms with Crippen LogP contribution in [-0.2, 0) is 37.9 Å². The van der Waals surface area contributed by atoms with Crippen LogP contribution >= 0.6 is 0 Å². The molecular formula is C24H17F9N2O3S. The van der Waals surface area contributed by atoms with E-state index < -0.39 is 69.5 Å². The highest BCUT2D eigenvalue weighted by Crippen LogP contribution is 2.50. The molecule has 5 nitrogen and oxygen atoms in total. The summed E-state index contributed by atoms with van der Waals surface area (Å²) in [6, 6.07) is 4.83. The zero-order chi connectivity index (χ0) is 28.5. The van der Waals surface area contributed by atoms with Gasteiger partial charge in [0.1, 0.15) is 0 Å². The molecule has 210 valence electrons. The van der Waals surface area contributed by atoms with Gasteiger partial charge in [-0.2, -0.15) is 26.3 Å². The molecule has 2 saturated heterocycles. The monoisotopic (exact) mass is 584 g/mol. The Morgan fingerprint density at radius 2 is 1.62 bits per heavy atom. The maximum atomic E-state index is 15.3. The van der Waals surface area contributed by atoms with Gasteiger partial charge in [-0.3, -0.25) is 9.00 Å². The fourth-order valence-corrected chi connectivity index (χ4v) is 5.83. The fraction of sp³-hybridized carbons (Fsp3) is 0.417. The van der Waals surface area contributed by atoms with Crippen LogP contribution in [0.15, 0.2) is 41.6 Å². The van der Waals surface area contributed by atoms with E-state index in [1.165, 1.54) is 29.2 Å². The van der Waals surface area contributed by atoms with Crippen LogP contribution in [0, 0.1) is 17.6 Å². The Hall–Kier alpha value is -3.10. The van der Waals surface area contributed by atoms with Gasteiger partial charge in [-0.1, -0.05) is 29.4 Å². The predicted octanol–water partition coefficient (Wildman–Crippen LogP) is 4.95. The Labute approximate surface area is 217 Å². The van der Waals surface area contributed by atoms with Crippen molar-refractivity contribution in [2.75, 3.05) is 24.6 Å². The number of likely N-dealkylation sites (tertiary alicyclic amines) is 1. The molecule has 1 amide bonds. The summed E-state index contributed by atoms with van der Waals surface area (Å²) in [7, 11) is -1.05. The minimum atomic E-state index is -5.48. The molecule has 3 aliphatic rings. The summed E-state index contributed by atoms with van der Waals surface area (Å²) in [5, 5.41) is 3.38. The lowest BCUT2D eigenvalue weighted by Crippen LogP contribution is -2.62. The molecule has 2 aromatic carbocycles. The normalized spacial score (nSPS) is 26.4. The quantitative estimate of drug-likeness (QED) is 0.478. The molecule has 0 N–H and O–H groups in total. The van der Waals surface area contributed by atoms with Crippen molar-refractivity contribution in [1.29, 1.82) is 0 Å². The van der Waals surface area contributed by atoms with Crippen molar-refractivity contribution in [3.8, 4) is 0 Å². The SMILES string of the molecule is O=C(C1CS(=O)C1)N1CC(F)(c2ccc(C3=NOC(c4cc(F)c(F)c(C(F)(F)F)c4)(C(F)(F)F)C3)cc2)C1. The van der Waals surface area contributed by atoms with Gasteiger partial charge in [0.2, 0.25) is 5.91 Å². The second-order valence-electron chi connectivity index (χ2n) is 9.66. The van der Waals surface area contributed by atoms with E-state index in [0.717, 1.165) is 0 Å². The van der Waals surface area contributed by atoms with Crippen molar-refractivity contribution in [3.05, 3.63) is 70.3 Å². The van der Waals surface area contributed by atoms with E-state index in [0.29, 0.717) is 0 Å². The number of nitrogens with zero attached hydrogens (tertiary/aromatic N) is 2. The Morgan fingerprint density at radius 1 is 1.00 bits per heavy atom. The van der Waals surface area contributed by atoms with Crippen LogP contribution in [0.4, 0.5) is 39.5 Å². The van der Waals surface area contributed by atoms with Crippen molar-refractivity contribution in [1.82, 2.24) is 4.90 Å². The maximum absolute atomic E-state index is 15.3. The standard InChI is InChI=1S/C24H17F9N2O3S/c25-17-6-15(5-16(19(17)26)23(28,29)30)22(24(31,32)33)7-18(34-38-22)12-1-3-14(4-2-12)21(27)10-35(11-21)20(36)13-8-39(37)9-13/h1-6,13H,7-11H2. The second-order valence-corrected chi connectivity index (χ2v) is 11.2. The third-order valence-electron chi connectivity index (χ3n) is 7.04. The summed E-state index contributed by atoms with van der Waals surface area (Å²) >= 11 is 0. The van der Waals surface area contributed by atoms with Crippen molar-refractivity contribution in [2.45, 2.75) is 30.0 Å². The molecule has 0 radical (unpaired) electrons. The molecule has 3 heterocycles. The number of halogens is 9. The third-order valence-corrected chi connectivity index (χ3v) is 8.59. The highest BCUT2D eigenvalue weighted by atomic mass is 32.2. The summed E-state index contributed by atoms with van der Waals surface area (Å²) in [6.45, 7) is -0.513. The summed E-state index contributed by atoms with van der Waals surface area (Å²) in [5.74, 6) is -4.74. The molecular weight excluding hydrogens is 567 g/mol. The van der Waals surface area contributed by atoms with Gasteiger partial charge < -0.3 is 9.74 Å². The van der Waals surface area contributed by atoms with Gasteiger partial charge in [0.15, 0.2) is 17.3 Å². The van der Waals surface area contributed by atoms with E-state index in [-0.39, 0.29) is 59.5 Å². The van der Waals surface area contributed by atoms with Gasteiger partial charge in [-0.15, -0.1) is 0 Å². The summed E-state index contributed by atoms with van der Waals surface area (Å²) in [5.41, 5.74) is -9.21. The first kappa shape index (κ1) is 27.5. The molecule has 5 rings (SSSR count). The number of oxime groups is 1. The Bertz CT molecular complexity index is 1380. The van der Waals surface area contributed by atoms with E-state index in [2.05, 4.69) is 9.99 Å². The van der Waals surface area contributed by atoms with Gasteiger partial charge in [0.25, 0.3) is 5.60 Å². The molecule has 2 fully saturated rings. The third kappa shape index (κ3) is 4.57. The number of alkyl halides is 7. The number of carbonyl (C=O) groups excluding carboxylic acids is 1. The molecule has 1 unspecified atom stereocenters. The lowest BCUT2D eigenvalue weighted by molar-refractivity contribution is -0.276. The maximum Gasteiger partial charge on any atom is 0.435 e. The molecule has 0 aromatic heterocycles. The minimum Gasteiger partial charge on any atom is -0.374 e. The van der Waals surface area contributed by atoms with Crippen LogP contribution in [0.2, 0.25) is 0 Å².